The van der Waals surface area contributed by atoms with Crippen molar-refractivity contribution in [1.29, 1.82) is 0 Å². The monoisotopic (exact) mass is 371 g/mol. The van der Waals surface area contributed by atoms with E-state index in [0.29, 0.717) is 34.6 Å². The Morgan fingerprint density at radius 1 is 1.33 bits per heavy atom. The average molecular weight is 371 g/mol. The summed E-state index contributed by atoms with van der Waals surface area (Å²) in [5.41, 5.74) is 0.681. The zero-order chi connectivity index (χ0) is 17.3. The molecule has 9 heteroatoms. The first-order valence-electron chi connectivity index (χ1n) is 7.73. The van der Waals surface area contributed by atoms with Gasteiger partial charge in [0.15, 0.2) is 5.13 Å². The molecule has 0 spiro atoms. The lowest BCUT2D eigenvalue weighted by Crippen LogP contribution is -2.35. The molecule has 0 aliphatic carbocycles. The molecule has 7 nitrogen and oxygen atoms in total. The Morgan fingerprint density at radius 3 is 2.71 bits per heavy atom. The van der Waals surface area contributed by atoms with Crippen LogP contribution in [0.1, 0.15) is 33.3 Å². The van der Waals surface area contributed by atoms with E-state index in [4.69, 9.17) is 4.42 Å². The second kappa shape index (κ2) is 6.66. The molecule has 0 unspecified atom stereocenters. The number of anilines is 1. The Bertz CT molecular complexity index is 854. The number of amides is 1. The molecule has 24 heavy (non-hydrogen) atoms. The lowest BCUT2D eigenvalue weighted by atomic mass is 10.2. The Labute approximate surface area is 146 Å². The minimum absolute atomic E-state index is 0. The van der Waals surface area contributed by atoms with Gasteiger partial charge in [0, 0.05) is 21.4 Å². The summed E-state index contributed by atoms with van der Waals surface area (Å²) in [5, 5.41) is 3.04. The predicted molar refractivity (Wildman–Crippen MR) is 93.6 cm³/mol. The van der Waals surface area contributed by atoms with Crippen LogP contribution < -0.4 is 5.32 Å². The Hall–Kier alpha value is -1.71. The highest BCUT2D eigenvalue weighted by molar-refractivity contribution is 7.89. The minimum Gasteiger partial charge on any atom is -0.442 e. The van der Waals surface area contributed by atoms with E-state index in [2.05, 4.69) is 10.3 Å². The number of hydrogen-bond acceptors (Lipinski definition) is 6. The van der Waals surface area contributed by atoms with E-state index in [-0.39, 0.29) is 12.4 Å². The SMILES string of the molecule is CC(=O)Nc1nc(C)c(-c2ccc(S(=O)(=O)N3CCCCC3)o2)s1.[HH]. The molecular weight excluding hydrogens is 350 g/mol. The fourth-order valence-electron chi connectivity index (χ4n) is 2.64. The molecule has 3 heterocycles. The van der Waals surface area contributed by atoms with Crippen LogP contribution in [0.4, 0.5) is 5.13 Å². The number of sulfonamides is 1. The summed E-state index contributed by atoms with van der Waals surface area (Å²) in [4.78, 5) is 16.1. The third kappa shape index (κ3) is 3.38. The number of aromatic nitrogens is 1. The topological polar surface area (TPSA) is 92.5 Å². The normalized spacial score (nSPS) is 16.2. The summed E-state index contributed by atoms with van der Waals surface area (Å²) in [6.07, 6.45) is 2.81. The number of nitrogens with zero attached hydrogens (tertiary/aromatic N) is 2. The number of carbonyl (C=O) groups is 1. The maximum absolute atomic E-state index is 12.6. The van der Waals surface area contributed by atoms with E-state index in [1.165, 1.54) is 28.6 Å². The van der Waals surface area contributed by atoms with Crippen LogP contribution >= 0.6 is 11.3 Å². The number of hydrogen-bond donors (Lipinski definition) is 1. The molecule has 1 aliphatic heterocycles. The van der Waals surface area contributed by atoms with E-state index in [1.807, 2.05) is 0 Å². The highest BCUT2D eigenvalue weighted by Gasteiger charge is 2.29. The minimum atomic E-state index is -3.59. The second-order valence-corrected chi connectivity index (χ2v) is 8.57. The highest BCUT2D eigenvalue weighted by Crippen LogP contribution is 2.35. The molecule has 0 aromatic carbocycles. The summed E-state index contributed by atoms with van der Waals surface area (Å²) in [6.45, 7) is 4.26. The summed E-state index contributed by atoms with van der Waals surface area (Å²) < 4.78 is 32.3. The number of furan rings is 1. The predicted octanol–water partition coefficient (Wildman–Crippen LogP) is 3.09. The second-order valence-electron chi connectivity index (χ2n) is 5.70. The van der Waals surface area contributed by atoms with Crippen LogP contribution in [0.3, 0.4) is 0 Å². The van der Waals surface area contributed by atoms with E-state index >= 15 is 0 Å². The maximum Gasteiger partial charge on any atom is 0.276 e. The van der Waals surface area contributed by atoms with Gasteiger partial charge in [-0.15, -0.1) is 0 Å². The molecule has 1 N–H and O–H groups in total. The van der Waals surface area contributed by atoms with Gasteiger partial charge < -0.3 is 9.73 Å². The van der Waals surface area contributed by atoms with Gasteiger partial charge in [-0.1, -0.05) is 17.8 Å². The molecule has 1 saturated heterocycles. The fourth-order valence-corrected chi connectivity index (χ4v) is 5.05. The van der Waals surface area contributed by atoms with Crippen LogP contribution in [0, 0.1) is 6.92 Å². The van der Waals surface area contributed by atoms with E-state index in [9.17, 15) is 13.2 Å². The van der Waals surface area contributed by atoms with Gasteiger partial charge in [0.25, 0.3) is 10.0 Å². The molecule has 1 amide bonds. The highest BCUT2D eigenvalue weighted by atomic mass is 32.2. The number of carbonyl (C=O) groups excluding carboxylic acids is 1. The summed E-state index contributed by atoms with van der Waals surface area (Å²) in [5.74, 6) is 0.236. The first-order valence-corrected chi connectivity index (χ1v) is 9.99. The number of rotatable bonds is 4. The van der Waals surface area contributed by atoms with Gasteiger partial charge in [0.05, 0.1) is 10.6 Å². The number of aryl methyl sites for hydroxylation is 1. The van der Waals surface area contributed by atoms with Crippen LogP contribution in [0.2, 0.25) is 0 Å². The van der Waals surface area contributed by atoms with Gasteiger partial charge in [0.1, 0.15) is 5.76 Å². The lowest BCUT2D eigenvalue weighted by molar-refractivity contribution is -0.114. The van der Waals surface area contributed by atoms with Crippen molar-refractivity contribution in [2.75, 3.05) is 18.4 Å². The number of thiazole rings is 1. The zero-order valence-corrected chi connectivity index (χ0v) is 15.2. The fraction of sp³-hybridized carbons (Fsp3) is 0.467. The molecule has 0 atom stereocenters. The average Bonchev–Trinajstić information content (AvgIpc) is 3.14. The molecule has 1 aliphatic rings. The number of piperidine rings is 1. The molecule has 3 rings (SSSR count). The molecule has 132 valence electrons. The van der Waals surface area contributed by atoms with Crippen LogP contribution in [-0.2, 0) is 14.8 Å². The quantitative estimate of drug-likeness (QED) is 0.891. The third-order valence-corrected chi connectivity index (χ3v) is 6.65. The zero-order valence-electron chi connectivity index (χ0n) is 13.5. The van der Waals surface area contributed by atoms with Crippen molar-refractivity contribution in [2.24, 2.45) is 0 Å². The molecule has 2 aromatic heterocycles. The van der Waals surface area contributed by atoms with Gasteiger partial charge in [-0.25, -0.2) is 13.4 Å². The molecule has 0 saturated carbocycles. The van der Waals surface area contributed by atoms with Gasteiger partial charge in [-0.2, -0.15) is 4.31 Å². The molecule has 0 bridgehead atoms. The van der Waals surface area contributed by atoms with Crippen LogP contribution in [0.15, 0.2) is 21.6 Å². The molecule has 1 fully saturated rings. The Morgan fingerprint density at radius 2 is 2.04 bits per heavy atom. The van der Waals surface area contributed by atoms with E-state index in [0.717, 1.165) is 19.3 Å². The first-order chi connectivity index (χ1) is 11.4. The van der Waals surface area contributed by atoms with Crippen LogP contribution in [0.25, 0.3) is 10.6 Å². The Balaban J connectivity index is 0.00000225. The van der Waals surface area contributed by atoms with Gasteiger partial charge in [0.2, 0.25) is 11.0 Å². The van der Waals surface area contributed by atoms with Crippen molar-refractivity contribution >= 4 is 32.4 Å². The molecular formula is C15H21N3O4S2. The van der Waals surface area contributed by atoms with Crippen LogP contribution in [0.5, 0.6) is 0 Å². The van der Waals surface area contributed by atoms with Crippen molar-refractivity contribution < 1.29 is 19.1 Å². The number of nitrogens with one attached hydrogen (secondary N) is 1. The summed E-state index contributed by atoms with van der Waals surface area (Å²) >= 11 is 1.26. The smallest absolute Gasteiger partial charge is 0.276 e. The summed E-state index contributed by atoms with van der Waals surface area (Å²) in [6, 6.07) is 3.12. The van der Waals surface area contributed by atoms with Crippen molar-refractivity contribution in [3.05, 3.63) is 17.8 Å². The van der Waals surface area contributed by atoms with Crippen LogP contribution in [-0.4, -0.2) is 36.7 Å². The van der Waals surface area contributed by atoms with E-state index in [1.54, 1.807) is 13.0 Å². The van der Waals surface area contributed by atoms with Crippen molar-refractivity contribution in [3.8, 4) is 10.6 Å². The molecule has 0 radical (unpaired) electrons. The Kier molecular flexibility index (Phi) is 4.75. The summed E-state index contributed by atoms with van der Waals surface area (Å²) in [7, 11) is -3.59. The molecule has 2 aromatic rings. The standard InChI is InChI=1S/C15H19N3O4S2.H2/c1-10-14(23-15(16-10)17-11(2)19)12-6-7-13(22-12)24(20,21)18-8-4-3-5-9-18;/h6-7H,3-5,8-9H2,1-2H3,(H,16,17,19);1H. The van der Waals surface area contributed by atoms with E-state index < -0.39 is 10.0 Å². The van der Waals surface area contributed by atoms with Gasteiger partial charge in [-0.05, 0) is 31.9 Å². The first kappa shape index (κ1) is 17.1. The van der Waals surface area contributed by atoms with Gasteiger partial charge >= 0.3 is 0 Å². The van der Waals surface area contributed by atoms with Crippen molar-refractivity contribution in [2.45, 2.75) is 38.2 Å². The van der Waals surface area contributed by atoms with Crippen molar-refractivity contribution in [1.82, 2.24) is 9.29 Å². The van der Waals surface area contributed by atoms with Gasteiger partial charge in [-0.3, -0.25) is 4.79 Å². The maximum atomic E-state index is 12.6. The third-order valence-electron chi connectivity index (χ3n) is 3.79. The lowest BCUT2D eigenvalue weighted by Gasteiger charge is -2.24. The van der Waals surface area contributed by atoms with Crippen molar-refractivity contribution in [3.63, 3.8) is 0 Å². The largest absolute Gasteiger partial charge is 0.442 e.